The summed E-state index contributed by atoms with van der Waals surface area (Å²) in [7, 11) is 3.96. The number of anilines is 1. The molecule has 0 heterocycles. The predicted molar refractivity (Wildman–Crippen MR) is 74.8 cm³/mol. The van der Waals surface area contributed by atoms with Crippen molar-refractivity contribution in [2.45, 2.75) is 20.3 Å². The summed E-state index contributed by atoms with van der Waals surface area (Å²) in [6.45, 7) is 4.03. The lowest BCUT2D eigenvalue weighted by Gasteiger charge is -2.12. The average Bonchev–Trinajstić information content (AvgIpc) is 2.29. The van der Waals surface area contributed by atoms with Gasteiger partial charge in [0.25, 0.3) is 0 Å². The van der Waals surface area contributed by atoms with Crippen LogP contribution in [-0.4, -0.2) is 32.4 Å². The minimum absolute atomic E-state index is 0.234. The molecular weight excluding hydrogens is 228 g/mol. The third kappa shape index (κ3) is 4.57. The molecule has 0 bridgehead atoms. The average molecular weight is 248 g/mol. The molecular formula is C14H20N2O2. The molecule has 1 aromatic carbocycles. The van der Waals surface area contributed by atoms with Gasteiger partial charge in [-0.15, -0.1) is 0 Å². The lowest BCUT2D eigenvalue weighted by atomic mass is 10.2. The Labute approximate surface area is 108 Å². The van der Waals surface area contributed by atoms with E-state index in [0.717, 1.165) is 17.1 Å². The minimum Gasteiger partial charge on any atom is -0.466 e. The highest BCUT2D eigenvalue weighted by molar-refractivity contribution is 5.98. The fourth-order valence-corrected chi connectivity index (χ4v) is 1.52. The molecule has 0 saturated heterocycles. The highest BCUT2D eigenvalue weighted by atomic mass is 16.5. The molecule has 0 atom stereocenters. The molecule has 4 heteroatoms. The zero-order chi connectivity index (χ0) is 13.5. The number of hydrogen-bond donors (Lipinski definition) is 0. The molecule has 1 aromatic rings. The van der Waals surface area contributed by atoms with Crippen LogP contribution < -0.4 is 4.90 Å². The van der Waals surface area contributed by atoms with E-state index in [1.54, 1.807) is 6.92 Å². The first-order chi connectivity index (χ1) is 8.52. The number of hydrogen-bond acceptors (Lipinski definition) is 4. The van der Waals surface area contributed by atoms with Crippen molar-refractivity contribution >= 4 is 23.1 Å². The van der Waals surface area contributed by atoms with E-state index < -0.39 is 0 Å². The second-order valence-electron chi connectivity index (χ2n) is 4.24. The Balaban J connectivity index is 2.75. The normalized spacial score (nSPS) is 11.2. The number of carbonyl (C=O) groups is 1. The molecule has 0 aliphatic rings. The predicted octanol–water partition coefficient (Wildman–Crippen LogP) is 2.80. The van der Waals surface area contributed by atoms with E-state index in [2.05, 4.69) is 4.99 Å². The van der Waals surface area contributed by atoms with Gasteiger partial charge in [-0.25, -0.2) is 0 Å². The van der Waals surface area contributed by atoms with Crippen LogP contribution in [0, 0.1) is 0 Å². The molecule has 0 aliphatic heterocycles. The maximum absolute atomic E-state index is 11.3. The molecule has 0 aromatic heterocycles. The molecule has 98 valence electrons. The van der Waals surface area contributed by atoms with Crippen molar-refractivity contribution in [1.82, 2.24) is 0 Å². The van der Waals surface area contributed by atoms with Crippen molar-refractivity contribution in [3.63, 3.8) is 0 Å². The monoisotopic (exact) mass is 248 g/mol. The number of rotatable bonds is 5. The summed E-state index contributed by atoms with van der Waals surface area (Å²) >= 11 is 0. The van der Waals surface area contributed by atoms with Gasteiger partial charge in [0, 0.05) is 25.5 Å². The molecule has 0 fully saturated rings. The van der Waals surface area contributed by atoms with Gasteiger partial charge in [-0.05, 0) is 32.0 Å². The van der Waals surface area contributed by atoms with Crippen LogP contribution in [0.3, 0.4) is 0 Å². The Kier molecular flexibility index (Phi) is 5.36. The molecule has 4 nitrogen and oxygen atoms in total. The van der Waals surface area contributed by atoms with Crippen LogP contribution in [0.5, 0.6) is 0 Å². The fourth-order valence-electron chi connectivity index (χ4n) is 1.52. The largest absolute Gasteiger partial charge is 0.466 e. The van der Waals surface area contributed by atoms with Gasteiger partial charge in [0.05, 0.1) is 18.7 Å². The van der Waals surface area contributed by atoms with Crippen LogP contribution in [0.2, 0.25) is 0 Å². The van der Waals surface area contributed by atoms with E-state index in [1.165, 1.54) is 0 Å². The topological polar surface area (TPSA) is 41.9 Å². The summed E-state index contributed by atoms with van der Waals surface area (Å²) in [6, 6.07) is 7.86. The van der Waals surface area contributed by atoms with Gasteiger partial charge in [-0.1, -0.05) is 6.07 Å². The van der Waals surface area contributed by atoms with Crippen molar-refractivity contribution in [2.75, 3.05) is 25.6 Å². The van der Waals surface area contributed by atoms with E-state index in [-0.39, 0.29) is 12.4 Å². The Bertz CT molecular complexity index is 439. The Morgan fingerprint density at radius 1 is 1.39 bits per heavy atom. The number of nitrogens with zero attached hydrogens (tertiary/aromatic N) is 2. The van der Waals surface area contributed by atoms with Gasteiger partial charge in [0.1, 0.15) is 0 Å². The van der Waals surface area contributed by atoms with Crippen LogP contribution in [0.1, 0.15) is 20.3 Å². The third-order valence-electron chi connectivity index (χ3n) is 2.37. The smallest absolute Gasteiger partial charge is 0.311 e. The summed E-state index contributed by atoms with van der Waals surface area (Å²) in [6.07, 6.45) is 0.236. The van der Waals surface area contributed by atoms with Crippen LogP contribution in [0.15, 0.2) is 29.3 Å². The Morgan fingerprint density at radius 2 is 2.11 bits per heavy atom. The molecule has 0 spiro atoms. The maximum atomic E-state index is 11.3. The van der Waals surface area contributed by atoms with Gasteiger partial charge >= 0.3 is 5.97 Å². The quantitative estimate of drug-likeness (QED) is 0.594. The van der Waals surface area contributed by atoms with Crippen molar-refractivity contribution in [1.29, 1.82) is 0 Å². The summed E-state index contributed by atoms with van der Waals surface area (Å²) in [4.78, 5) is 17.7. The molecule has 0 saturated carbocycles. The zero-order valence-corrected chi connectivity index (χ0v) is 11.4. The fraction of sp³-hybridized carbons (Fsp3) is 0.429. The molecule has 18 heavy (non-hydrogen) atoms. The number of esters is 1. The number of aliphatic imine (C=N–C) groups is 1. The van der Waals surface area contributed by atoms with Crippen LogP contribution >= 0.6 is 0 Å². The van der Waals surface area contributed by atoms with Gasteiger partial charge in [0.15, 0.2) is 0 Å². The van der Waals surface area contributed by atoms with Crippen LogP contribution in [0.4, 0.5) is 11.4 Å². The molecule has 0 radical (unpaired) electrons. The highest BCUT2D eigenvalue weighted by Gasteiger charge is 2.04. The zero-order valence-electron chi connectivity index (χ0n) is 11.4. The second-order valence-corrected chi connectivity index (χ2v) is 4.24. The molecule has 0 amide bonds. The summed E-state index contributed by atoms with van der Waals surface area (Å²) in [5.74, 6) is -0.234. The number of ether oxygens (including phenoxy) is 1. The number of benzene rings is 1. The Hall–Kier alpha value is -1.84. The van der Waals surface area contributed by atoms with E-state index in [9.17, 15) is 4.79 Å². The van der Waals surface area contributed by atoms with E-state index in [4.69, 9.17) is 4.74 Å². The second kappa shape index (κ2) is 6.79. The third-order valence-corrected chi connectivity index (χ3v) is 2.37. The standard InChI is InChI=1S/C14H20N2O2/c1-5-18-14(17)9-11(2)15-12-7-6-8-13(10-12)16(3)4/h6-8,10H,5,9H2,1-4H3. The summed E-state index contributed by atoms with van der Waals surface area (Å²) in [5.41, 5.74) is 2.69. The number of carbonyl (C=O) groups excluding carboxylic acids is 1. The van der Waals surface area contributed by atoms with Crippen molar-refractivity contribution < 1.29 is 9.53 Å². The van der Waals surface area contributed by atoms with Gasteiger partial charge in [-0.3, -0.25) is 9.79 Å². The lowest BCUT2D eigenvalue weighted by molar-refractivity contribution is -0.141. The van der Waals surface area contributed by atoms with Crippen molar-refractivity contribution in [3.05, 3.63) is 24.3 Å². The SMILES string of the molecule is CCOC(=O)CC(C)=Nc1cccc(N(C)C)c1. The van der Waals surface area contributed by atoms with Crippen molar-refractivity contribution in [3.8, 4) is 0 Å². The van der Waals surface area contributed by atoms with E-state index in [1.807, 2.05) is 50.2 Å². The lowest BCUT2D eigenvalue weighted by Crippen LogP contribution is -2.09. The minimum atomic E-state index is -0.234. The first-order valence-corrected chi connectivity index (χ1v) is 6.00. The van der Waals surface area contributed by atoms with Crippen molar-refractivity contribution in [2.24, 2.45) is 4.99 Å². The van der Waals surface area contributed by atoms with Gasteiger partial charge in [0.2, 0.25) is 0 Å². The summed E-state index contributed by atoms with van der Waals surface area (Å²) < 4.78 is 4.88. The van der Waals surface area contributed by atoms with Gasteiger partial charge in [-0.2, -0.15) is 0 Å². The summed E-state index contributed by atoms with van der Waals surface area (Å²) in [5, 5.41) is 0. The molecule has 0 N–H and O–H groups in total. The van der Waals surface area contributed by atoms with Crippen LogP contribution in [0.25, 0.3) is 0 Å². The Morgan fingerprint density at radius 3 is 2.72 bits per heavy atom. The van der Waals surface area contributed by atoms with E-state index in [0.29, 0.717) is 6.61 Å². The first kappa shape index (κ1) is 14.2. The molecule has 0 aliphatic carbocycles. The van der Waals surface area contributed by atoms with E-state index >= 15 is 0 Å². The molecule has 0 unspecified atom stereocenters. The maximum Gasteiger partial charge on any atom is 0.311 e. The molecule has 1 rings (SSSR count). The first-order valence-electron chi connectivity index (χ1n) is 6.00. The highest BCUT2D eigenvalue weighted by Crippen LogP contribution is 2.20. The van der Waals surface area contributed by atoms with Crippen LogP contribution in [-0.2, 0) is 9.53 Å². The van der Waals surface area contributed by atoms with Gasteiger partial charge < -0.3 is 9.64 Å².